The van der Waals surface area contributed by atoms with Gasteiger partial charge in [-0.2, -0.15) is 0 Å². The minimum atomic E-state index is -0.187. The summed E-state index contributed by atoms with van der Waals surface area (Å²) in [6.45, 7) is 8.04. The average Bonchev–Trinajstić information content (AvgIpc) is 2.66. The lowest BCUT2D eigenvalue weighted by Gasteiger charge is -2.29. The molecule has 1 unspecified atom stereocenters. The highest BCUT2D eigenvalue weighted by Gasteiger charge is 2.20. The fourth-order valence-electron chi connectivity index (χ4n) is 1.47. The molecule has 0 aromatic carbocycles. The van der Waals surface area contributed by atoms with Gasteiger partial charge in [-0.15, -0.1) is 11.3 Å². The van der Waals surface area contributed by atoms with E-state index in [9.17, 15) is 4.79 Å². The molecule has 0 saturated carbocycles. The van der Waals surface area contributed by atoms with Gasteiger partial charge < -0.3 is 10.2 Å². The van der Waals surface area contributed by atoms with Crippen LogP contribution in [-0.4, -0.2) is 29.6 Å². The summed E-state index contributed by atoms with van der Waals surface area (Å²) in [5.74, 6) is 0. The van der Waals surface area contributed by atoms with Crippen LogP contribution in [0.5, 0.6) is 0 Å². The molecule has 0 saturated heterocycles. The molecule has 0 spiro atoms. The van der Waals surface area contributed by atoms with Crippen LogP contribution in [0.2, 0.25) is 0 Å². The molecule has 0 bridgehead atoms. The molecule has 1 atom stereocenters. The highest BCUT2D eigenvalue weighted by molar-refractivity contribution is 7.09. The second-order valence-corrected chi connectivity index (χ2v) is 6.46. The van der Waals surface area contributed by atoms with E-state index < -0.39 is 0 Å². The zero-order valence-electron chi connectivity index (χ0n) is 11.3. The number of carbonyl (C=O) groups excluding carboxylic acids is 1. The molecule has 0 aliphatic carbocycles. The lowest BCUT2D eigenvalue weighted by atomic mass is 10.1. The fraction of sp³-hybridized carbons (Fsp3) is 0.615. The van der Waals surface area contributed by atoms with Crippen molar-refractivity contribution >= 4 is 17.4 Å². The van der Waals surface area contributed by atoms with Crippen LogP contribution in [0.1, 0.15) is 32.6 Å². The van der Waals surface area contributed by atoms with Crippen LogP contribution in [0.15, 0.2) is 17.5 Å². The van der Waals surface area contributed by atoms with Crippen molar-refractivity contribution in [1.82, 2.24) is 10.2 Å². The molecule has 4 heteroatoms. The number of nitrogens with one attached hydrogen (secondary N) is 1. The molecular weight excluding hydrogens is 232 g/mol. The van der Waals surface area contributed by atoms with Gasteiger partial charge in [-0.25, -0.2) is 4.79 Å². The Labute approximate surface area is 108 Å². The van der Waals surface area contributed by atoms with Gasteiger partial charge in [0.2, 0.25) is 0 Å². The first-order valence-electron chi connectivity index (χ1n) is 5.87. The standard InChI is InChI=1S/C13H22N2OS/c1-10(9-11-7-6-8-17-11)15(5)12(16)14-13(2,3)4/h6-8,10H,9H2,1-5H3,(H,14,16). The number of hydrogen-bond acceptors (Lipinski definition) is 2. The Morgan fingerprint density at radius 3 is 2.65 bits per heavy atom. The molecular formula is C13H22N2OS. The maximum atomic E-state index is 11.9. The van der Waals surface area contributed by atoms with Gasteiger partial charge >= 0.3 is 6.03 Å². The minimum Gasteiger partial charge on any atom is -0.333 e. The molecule has 0 fully saturated rings. The van der Waals surface area contributed by atoms with E-state index in [-0.39, 0.29) is 17.6 Å². The molecule has 1 rings (SSSR count). The maximum Gasteiger partial charge on any atom is 0.317 e. The van der Waals surface area contributed by atoms with E-state index in [4.69, 9.17) is 0 Å². The molecule has 1 N–H and O–H groups in total. The molecule has 3 nitrogen and oxygen atoms in total. The number of nitrogens with zero attached hydrogens (tertiary/aromatic N) is 1. The quantitative estimate of drug-likeness (QED) is 0.883. The summed E-state index contributed by atoms with van der Waals surface area (Å²) in [4.78, 5) is 15.0. The smallest absolute Gasteiger partial charge is 0.317 e. The van der Waals surface area contributed by atoms with Gasteiger partial charge in [0.25, 0.3) is 0 Å². The predicted molar refractivity (Wildman–Crippen MR) is 73.5 cm³/mol. The summed E-state index contributed by atoms with van der Waals surface area (Å²) in [6, 6.07) is 4.34. The van der Waals surface area contributed by atoms with E-state index in [2.05, 4.69) is 23.7 Å². The summed E-state index contributed by atoms with van der Waals surface area (Å²) in [6.07, 6.45) is 0.908. The van der Waals surface area contributed by atoms with E-state index in [1.54, 1.807) is 16.2 Å². The third-order valence-electron chi connectivity index (χ3n) is 2.54. The van der Waals surface area contributed by atoms with E-state index in [1.807, 2.05) is 33.9 Å². The zero-order chi connectivity index (χ0) is 13.1. The van der Waals surface area contributed by atoms with Crippen molar-refractivity contribution in [3.8, 4) is 0 Å². The third-order valence-corrected chi connectivity index (χ3v) is 3.44. The van der Waals surface area contributed by atoms with Crippen LogP contribution >= 0.6 is 11.3 Å². The summed E-state index contributed by atoms with van der Waals surface area (Å²) in [7, 11) is 1.85. The number of hydrogen-bond donors (Lipinski definition) is 1. The Kier molecular flexibility index (Phi) is 4.57. The van der Waals surface area contributed by atoms with Gasteiger partial charge in [-0.1, -0.05) is 6.07 Å². The van der Waals surface area contributed by atoms with E-state index >= 15 is 0 Å². The Bertz CT molecular complexity index is 354. The van der Waals surface area contributed by atoms with Crippen molar-refractivity contribution in [2.24, 2.45) is 0 Å². The van der Waals surface area contributed by atoms with Gasteiger partial charge in [0, 0.05) is 29.9 Å². The first-order valence-corrected chi connectivity index (χ1v) is 6.75. The third kappa shape index (κ3) is 4.77. The van der Waals surface area contributed by atoms with Crippen LogP contribution in [0, 0.1) is 0 Å². The van der Waals surface area contributed by atoms with Gasteiger partial charge in [0.1, 0.15) is 0 Å². The highest BCUT2D eigenvalue weighted by atomic mass is 32.1. The van der Waals surface area contributed by atoms with E-state index in [1.165, 1.54) is 4.88 Å². The van der Waals surface area contributed by atoms with Crippen molar-refractivity contribution in [3.05, 3.63) is 22.4 Å². The van der Waals surface area contributed by atoms with Crippen molar-refractivity contribution < 1.29 is 4.79 Å². The molecule has 1 aromatic rings. The number of likely N-dealkylation sites (N-methyl/N-ethyl adjacent to an activating group) is 1. The van der Waals surface area contributed by atoms with E-state index in [0.29, 0.717) is 0 Å². The van der Waals surface area contributed by atoms with Crippen molar-refractivity contribution in [2.75, 3.05) is 7.05 Å². The van der Waals surface area contributed by atoms with Crippen LogP contribution in [-0.2, 0) is 6.42 Å². The van der Waals surface area contributed by atoms with Crippen molar-refractivity contribution in [2.45, 2.75) is 45.7 Å². The van der Waals surface area contributed by atoms with Gasteiger partial charge in [-0.05, 0) is 39.1 Å². The van der Waals surface area contributed by atoms with Gasteiger partial charge in [-0.3, -0.25) is 0 Å². The van der Waals surface area contributed by atoms with Crippen LogP contribution in [0.4, 0.5) is 4.79 Å². The molecule has 96 valence electrons. The second kappa shape index (κ2) is 5.54. The molecule has 2 amide bonds. The number of urea groups is 1. The highest BCUT2D eigenvalue weighted by Crippen LogP contribution is 2.14. The normalized spacial score (nSPS) is 13.2. The molecule has 0 aliphatic heterocycles. The predicted octanol–water partition coefficient (Wildman–Crippen LogP) is 3.12. The monoisotopic (exact) mass is 254 g/mol. The Morgan fingerprint density at radius 1 is 1.53 bits per heavy atom. The van der Waals surface area contributed by atoms with Gasteiger partial charge in [0.05, 0.1) is 0 Å². The Morgan fingerprint density at radius 2 is 2.18 bits per heavy atom. The summed E-state index contributed by atoms with van der Waals surface area (Å²) in [5, 5.41) is 5.04. The fourth-order valence-corrected chi connectivity index (χ4v) is 2.29. The van der Waals surface area contributed by atoms with E-state index in [0.717, 1.165) is 6.42 Å². The summed E-state index contributed by atoms with van der Waals surface area (Å²) >= 11 is 1.74. The van der Waals surface area contributed by atoms with Crippen LogP contribution in [0.3, 0.4) is 0 Å². The number of amides is 2. The SMILES string of the molecule is CC(Cc1cccs1)N(C)C(=O)NC(C)(C)C. The molecule has 1 aromatic heterocycles. The maximum absolute atomic E-state index is 11.9. The zero-order valence-corrected chi connectivity index (χ0v) is 12.1. The molecule has 1 heterocycles. The van der Waals surface area contributed by atoms with Gasteiger partial charge in [0.15, 0.2) is 0 Å². The topological polar surface area (TPSA) is 32.3 Å². The number of rotatable bonds is 3. The second-order valence-electron chi connectivity index (χ2n) is 5.42. The molecule has 0 radical (unpaired) electrons. The molecule has 0 aliphatic rings. The van der Waals surface area contributed by atoms with Crippen LogP contribution in [0.25, 0.3) is 0 Å². The van der Waals surface area contributed by atoms with Crippen LogP contribution < -0.4 is 5.32 Å². The number of thiophene rings is 1. The van der Waals surface area contributed by atoms with Crippen molar-refractivity contribution in [3.63, 3.8) is 0 Å². The Hall–Kier alpha value is -1.03. The molecule has 17 heavy (non-hydrogen) atoms. The summed E-state index contributed by atoms with van der Waals surface area (Å²) < 4.78 is 0. The minimum absolute atomic E-state index is 0.0124. The summed E-state index contributed by atoms with van der Waals surface area (Å²) in [5.41, 5.74) is -0.187. The lowest BCUT2D eigenvalue weighted by molar-refractivity contribution is 0.185. The average molecular weight is 254 g/mol. The largest absolute Gasteiger partial charge is 0.333 e. The lowest BCUT2D eigenvalue weighted by Crippen LogP contribution is -2.50. The Balaban J connectivity index is 2.51. The first kappa shape index (κ1) is 14.0. The van der Waals surface area contributed by atoms with Crippen molar-refractivity contribution in [1.29, 1.82) is 0 Å². The first-order chi connectivity index (χ1) is 7.79. The number of carbonyl (C=O) groups is 1.